The van der Waals surface area contributed by atoms with Crippen LogP contribution in [0.2, 0.25) is 0 Å². The first-order chi connectivity index (χ1) is 8.40. The Kier molecular flexibility index (Phi) is 5.88. The van der Waals surface area contributed by atoms with E-state index in [1.54, 1.807) is 19.0 Å². The molecule has 1 rings (SSSR count). The number of hydrogen-bond donors (Lipinski definition) is 2. The van der Waals surface area contributed by atoms with Crippen LogP contribution < -0.4 is 5.32 Å². The molecule has 5 nitrogen and oxygen atoms in total. The Balaban J connectivity index is 2.29. The maximum atomic E-state index is 11.8. The second-order valence-corrected chi connectivity index (χ2v) is 5.59. The smallest absolute Gasteiger partial charge is 0.319 e. The van der Waals surface area contributed by atoms with Crippen LogP contribution in [0.3, 0.4) is 0 Å². The van der Waals surface area contributed by atoms with Crippen LogP contribution in [-0.2, 0) is 0 Å². The van der Waals surface area contributed by atoms with E-state index in [1.165, 1.54) is 0 Å². The standard InChI is InChI=1S/C13H27N3O2/c1-10(9-11(2)17)14-12-5-7-16(8-6-12)13(18)15(3)4/h10-12,14,17H,5-9H2,1-4H3. The fourth-order valence-corrected chi connectivity index (χ4v) is 2.50. The van der Waals surface area contributed by atoms with E-state index in [-0.39, 0.29) is 12.1 Å². The highest BCUT2D eigenvalue weighted by Crippen LogP contribution is 2.13. The van der Waals surface area contributed by atoms with Crippen LogP contribution in [0.25, 0.3) is 0 Å². The highest BCUT2D eigenvalue weighted by Gasteiger charge is 2.24. The third-order valence-corrected chi connectivity index (χ3v) is 3.36. The molecule has 0 aromatic carbocycles. The Morgan fingerprint density at radius 1 is 1.39 bits per heavy atom. The number of carbonyl (C=O) groups is 1. The number of nitrogens with one attached hydrogen (secondary N) is 1. The molecule has 1 fully saturated rings. The average Bonchev–Trinajstić information content (AvgIpc) is 2.27. The first kappa shape index (κ1) is 15.2. The van der Waals surface area contributed by atoms with Gasteiger partial charge in [0.15, 0.2) is 0 Å². The van der Waals surface area contributed by atoms with Gasteiger partial charge in [-0.2, -0.15) is 0 Å². The van der Waals surface area contributed by atoms with Crippen molar-refractivity contribution in [3.8, 4) is 0 Å². The molecule has 18 heavy (non-hydrogen) atoms. The molecule has 1 saturated heterocycles. The quantitative estimate of drug-likeness (QED) is 0.786. The summed E-state index contributed by atoms with van der Waals surface area (Å²) < 4.78 is 0. The number of urea groups is 1. The van der Waals surface area contributed by atoms with Crippen LogP contribution in [0.15, 0.2) is 0 Å². The average molecular weight is 257 g/mol. The zero-order valence-electron chi connectivity index (χ0n) is 12.0. The van der Waals surface area contributed by atoms with Gasteiger partial charge in [-0.05, 0) is 33.1 Å². The number of hydrogen-bond acceptors (Lipinski definition) is 3. The van der Waals surface area contributed by atoms with Crippen molar-refractivity contribution in [2.45, 2.75) is 51.3 Å². The van der Waals surface area contributed by atoms with Crippen molar-refractivity contribution in [2.24, 2.45) is 0 Å². The van der Waals surface area contributed by atoms with E-state index in [0.717, 1.165) is 32.4 Å². The van der Waals surface area contributed by atoms with Crippen molar-refractivity contribution >= 4 is 6.03 Å². The van der Waals surface area contributed by atoms with Crippen molar-refractivity contribution in [3.63, 3.8) is 0 Å². The summed E-state index contributed by atoms with van der Waals surface area (Å²) in [5.74, 6) is 0. The number of nitrogens with zero attached hydrogens (tertiary/aromatic N) is 2. The Bertz CT molecular complexity index is 261. The van der Waals surface area contributed by atoms with Crippen molar-refractivity contribution in [1.29, 1.82) is 0 Å². The zero-order valence-corrected chi connectivity index (χ0v) is 12.0. The maximum Gasteiger partial charge on any atom is 0.319 e. The lowest BCUT2D eigenvalue weighted by Crippen LogP contribution is -2.49. The van der Waals surface area contributed by atoms with Crippen LogP contribution in [0.5, 0.6) is 0 Å². The molecule has 2 N–H and O–H groups in total. The molecule has 0 saturated carbocycles. The molecule has 1 heterocycles. The first-order valence-electron chi connectivity index (χ1n) is 6.80. The molecular weight excluding hydrogens is 230 g/mol. The van der Waals surface area contributed by atoms with Crippen LogP contribution in [-0.4, -0.2) is 66.3 Å². The van der Waals surface area contributed by atoms with Gasteiger partial charge in [0.2, 0.25) is 0 Å². The molecule has 0 aliphatic carbocycles. The van der Waals surface area contributed by atoms with Crippen LogP contribution in [0.1, 0.15) is 33.1 Å². The second-order valence-electron chi connectivity index (χ2n) is 5.59. The molecule has 0 aromatic heterocycles. The molecule has 0 bridgehead atoms. The van der Waals surface area contributed by atoms with Gasteiger partial charge in [-0.25, -0.2) is 4.79 Å². The molecule has 2 atom stereocenters. The second kappa shape index (κ2) is 6.95. The van der Waals surface area contributed by atoms with Gasteiger partial charge in [0.05, 0.1) is 6.10 Å². The van der Waals surface area contributed by atoms with Gasteiger partial charge in [0, 0.05) is 39.3 Å². The van der Waals surface area contributed by atoms with E-state index < -0.39 is 0 Å². The minimum Gasteiger partial charge on any atom is -0.393 e. The van der Waals surface area contributed by atoms with Crippen LogP contribution >= 0.6 is 0 Å². The largest absolute Gasteiger partial charge is 0.393 e. The van der Waals surface area contributed by atoms with E-state index in [1.807, 2.05) is 11.8 Å². The lowest BCUT2D eigenvalue weighted by molar-refractivity contribution is 0.143. The number of carbonyl (C=O) groups excluding carboxylic acids is 1. The molecule has 1 aliphatic heterocycles. The lowest BCUT2D eigenvalue weighted by atomic mass is 10.0. The molecule has 1 aliphatic rings. The SMILES string of the molecule is CC(O)CC(C)NC1CCN(C(=O)N(C)C)CC1. The van der Waals surface area contributed by atoms with Crippen molar-refractivity contribution in [3.05, 3.63) is 0 Å². The third kappa shape index (κ3) is 4.82. The topological polar surface area (TPSA) is 55.8 Å². The highest BCUT2D eigenvalue weighted by atomic mass is 16.3. The summed E-state index contributed by atoms with van der Waals surface area (Å²) in [7, 11) is 3.58. The highest BCUT2D eigenvalue weighted by molar-refractivity contribution is 5.73. The number of amides is 2. The van der Waals surface area contributed by atoms with Gasteiger partial charge in [-0.15, -0.1) is 0 Å². The third-order valence-electron chi connectivity index (χ3n) is 3.36. The first-order valence-corrected chi connectivity index (χ1v) is 6.80. The molecule has 2 unspecified atom stereocenters. The normalized spacial score (nSPS) is 20.6. The number of aliphatic hydroxyl groups is 1. The van der Waals surface area contributed by atoms with Crippen LogP contribution in [0, 0.1) is 0 Å². The summed E-state index contributed by atoms with van der Waals surface area (Å²) in [5, 5.41) is 12.9. The lowest BCUT2D eigenvalue weighted by Gasteiger charge is -2.35. The monoisotopic (exact) mass is 257 g/mol. The van der Waals surface area contributed by atoms with Gasteiger partial charge in [0.25, 0.3) is 0 Å². The summed E-state index contributed by atoms with van der Waals surface area (Å²) >= 11 is 0. The Labute approximate surface area is 110 Å². The van der Waals surface area contributed by atoms with Crippen LogP contribution in [0.4, 0.5) is 4.79 Å². The summed E-state index contributed by atoms with van der Waals surface area (Å²) in [5.41, 5.74) is 0. The van der Waals surface area contributed by atoms with Crippen molar-refractivity contribution < 1.29 is 9.90 Å². The Hall–Kier alpha value is -0.810. The van der Waals surface area contributed by atoms with E-state index >= 15 is 0 Å². The fraction of sp³-hybridized carbons (Fsp3) is 0.923. The summed E-state index contributed by atoms with van der Waals surface area (Å²) in [4.78, 5) is 15.3. The molecule has 0 spiro atoms. The number of likely N-dealkylation sites (tertiary alicyclic amines) is 1. The number of piperidine rings is 1. The Morgan fingerprint density at radius 2 is 1.94 bits per heavy atom. The zero-order chi connectivity index (χ0) is 13.7. The minimum atomic E-state index is -0.261. The summed E-state index contributed by atoms with van der Waals surface area (Å²) in [6.07, 6.45) is 2.49. The molecule has 0 radical (unpaired) electrons. The van der Waals surface area contributed by atoms with E-state index in [4.69, 9.17) is 0 Å². The van der Waals surface area contributed by atoms with Gasteiger partial charge in [-0.3, -0.25) is 0 Å². The van der Waals surface area contributed by atoms with Crippen molar-refractivity contribution in [2.75, 3.05) is 27.2 Å². The molecule has 106 valence electrons. The van der Waals surface area contributed by atoms with Crippen molar-refractivity contribution in [1.82, 2.24) is 15.1 Å². The molecule has 5 heteroatoms. The maximum absolute atomic E-state index is 11.8. The predicted molar refractivity (Wildman–Crippen MR) is 72.6 cm³/mol. The van der Waals surface area contributed by atoms with Gasteiger partial charge in [0.1, 0.15) is 0 Å². The summed E-state index contributed by atoms with van der Waals surface area (Å²) in [6.45, 7) is 5.55. The minimum absolute atomic E-state index is 0.102. The molecule has 0 aromatic rings. The van der Waals surface area contributed by atoms with Gasteiger partial charge < -0.3 is 20.2 Å². The molecular formula is C13H27N3O2. The van der Waals surface area contributed by atoms with E-state index in [0.29, 0.717) is 12.1 Å². The van der Waals surface area contributed by atoms with E-state index in [9.17, 15) is 9.90 Å². The number of aliphatic hydroxyl groups excluding tert-OH is 1. The van der Waals surface area contributed by atoms with E-state index in [2.05, 4.69) is 12.2 Å². The number of rotatable bonds is 4. The van der Waals surface area contributed by atoms with Gasteiger partial charge in [-0.1, -0.05) is 0 Å². The Morgan fingerprint density at radius 3 is 2.39 bits per heavy atom. The summed E-state index contributed by atoms with van der Waals surface area (Å²) in [6, 6.07) is 0.890. The molecule has 2 amide bonds. The van der Waals surface area contributed by atoms with Gasteiger partial charge >= 0.3 is 6.03 Å². The fourth-order valence-electron chi connectivity index (χ4n) is 2.50. The predicted octanol–water partition coefficient (Wildman–Crippen LogP) is 0.881.